The standard InChI is InChI=1S/C14H19BrN2O/c1-14(2,8-16-9-15)11-4-5-12-10(6-11)7-13(18)17(12)3/h4-6,16H,7-9H2,1-3H3. The summed E-state index contributed by atoms with van der Waals surface area (Å²) < 4.78 is 0. The minimum Gasteiger partial charge on any atom is -0.315 e. The van der Waals surface area contributed by atoms with E-state index in [1.807, 2.05) is 7.05 Å². The number of amides is 1. The summed E-state index contributed by atoms with van der Waals surface area (Å²) in [7, 11) is 1.84. The topological polar surface area (TPSA) is 32.3 Å². The van der Waals surface area contributed by atoms with Crippen LogP contribution in [0.4, 0.5) is 5.69 Å². The first-order chi connectivity index (χ1) is 8.45. The molecule has 1 N–H and O–H groups in total. The summed E-state index contributed by atoms with van der Waals surface area (Å²) in [5, 5.41) is 3.31. The number of rotatable bonds is 4. The molecule has 0 radical (unpaired) electrons. The molecule has 2 rings (SSSR count). The summed E-state index contributed by atoms with van der Waals surface area (Å²) in [6.07, 6.45) is 0.529. The molecule has 98 valence electrons. The van der Waals surface area contributed by atoms with E-state index in [9.17, 15) is 4.79 Å². The lowest BCUT2D eigenvalue weighted by Crippen LogP contribution is -2.32. The Balaban J connectivity index is 2.28. The van der Waals surface area contributed by atoms with E-state index < -0.39 is 0 Å². The van der Waals surface area contributed by atoms with Crippen LogP contribution in [0.25, 0.3) is 0 Å². The number of nitrogens with zero attached hydrogens (tertiary/aromatic N) is 1. The summed E-state index contributed by atoms with van der Waals surface area (Å²) in [5.41, 5.74) is 4.33. The summed E-state index contributed by atoms with van der Waals surface area (Å²) in [5.74, 6) is 0.179. The highest BCUT2D eigenvalue weighted by atomic mass is 79.9. The van der Waals surface area contributed by atoms with Crippen LogP contribution in [0, 0.1) is 0 Å². The minimum atomic E-state index is 0.0625. The van der Waals surface area contributed by atoms with Gasteiger partial charge in [0.05, 0.1) is 11.9 Å². The fraction of sp³-hybridized carbons (Fsp3) is 0.500. The third-order valence-corrected chi connectivity index (χ3v) is 4.00. The lowest BCUT2D eigenvalue weighted by Gasteiger charge is -2.26. The molecule has 0 atom stereocenters. The predicted octanol–water partition coefficient (Wildman–Crippen LogP) is 2.43. The van der Waals surface area contributed by atoms with Gasteiger partial charge in [0.2, 0.25) is 5.91 Å². The molecular formula is C14H19BrN2O. The average Bonchev–Trinajstić information content (AvgIpc) is 2.62. The van der Waals surface area contributed by atoms with Gasteiger partial charge in [0.15, 0.2) is 0 Å². The number of carbonyl (C=O) groups excluding carboxylic acids is 1. The van der Waals surface area contributed by atoms with Crippen LogP contribution in [0.3, 0.4) is 0 Å². The molecule has 0 saturated carbocycles. The van der Waals surface area contributed by atoms with E-state index in [4.69, 9.17) is 0 Å². The van der Waals surface area contributed by atoms with E-state index >= 15 is 0 Å². The molecule has 0 bridgehead atoms. The molecule has 1 aliphatic heterocycles. The number of anilines is 1. The number of carbonyl (C=O) groups is 1. The van der Waals surface area contributed by atoms with Gasteiger partial charge in [0.25, 0.3) is 0 Å². The maximum atomic E-state index is 11.7. The smallest absolute Gasteiger partial charge is 0.231 e. The predicted molar refractivity (Wildman–Crippen MR) is 78.4 cm³/mol. The number of hydrogen-bond acceptors (Lipinski definition) is 2. The fourth-order valence-electron chi connectivity index (χ4n) is 2.35. The van der Waals surface area contributed by atoms with Gasteiger partial charge in [-0.3, -0.25) is 4.79 Å². The second kappa shape index (κ2) is 5.02. The molecule has 0 spiro atoms. The molecule has 1 aliphatic rings. The number of likely N-dealkylation sites (N-methyl/N-ethyl adjacent to an activating group) is 1. The number of nitrogens with one attached hydrogen (secondary N) is 1. The van der Waals surface area contributed by atoms with Crippen LogP contribution < -0.4 is 10.2 Å². The number of benzene rings is 1. The highest BCUT2D eigenvalue weighted by Gasteiger charge is 2.27. The van der Waals surface area contributed by atoms with Crippen LogP contribution in [0.5, 0.6) is 0 Å². The van der Waals surface area contributed by atoms with E-state index in [2.05, 4.69) is 53.3 Å². The zero-order chi connectivity index (χ0) is 13.3. The molecule has 18 heavy (non-hydrogen) atoms. The van der Waals surface area contributed by atoms with Crippen molar-refractivity contribution in [1.82, 2.24) is 5.32 Å². The Morgan fingerprint density at radius 2 is 2.17 bits per heavy atom. The first-order valence-corrected chi connectivity index (χ1v) is 7.24. The Hall–Kier alpha value is -0.870. The van der Waals surface area contributed by atoms with Gasteiger partial charge >= 0.3 is 0 Å². The Labute approximate surface area is 117 Å². The van der Waals surface area contributed by atoms with Crippen molar-refractivity contribution in [3.8, 4) is 0 Å². The van der Waals surface area contributed by atoms with Crippen LogP contribution in [-0.4, -0.2) is 25.0 Å². The largest absolute Gasteiger partial charge is 0.315 e. The lowest BCUT2D eigenvalue weighted by molar-refractivity contribution is -0.117. The molecule has 0 aromatic heterocycles. The van der Waals surface area contributed by atoms with E-state index in [0.29, 0.717) is 6.42 Å². The summed E-state index contributed by atoms with van der Waals surface area (Å²) in [6.45, 7) is 5.33. The van der Waals surface area contributed by atoms with Gasteiger partial charge in [0.1, 0.15) is 0 Å². The Morgan fingerprint density at radius 1 is 1.44 bits per heavy atom. The molecule has 1 heterocycles. The van der Waals surface area contributed by atoms with E-state index in [0.717, 1.165) is 23.2 Å². The van der Waals surface area contributed by atoms with Gasteiger partial charge < -0.3 is 10.2 Å². The third kappa shape index (κ3) is 2.45. The number of hydrogen-bond donors (Lipinski definition) is 1. The second-order valence-electron chi connectivity index (χ2n) is 5.42. The molecule has 0 fully saturated rings. The van der Waals surface area contributed by atoms with E-state index in [1.54, 1.807) is 4.90 Å². The normalized spacial score (nSPS) is 15.1. The van der Waals surface area contributed by atoms with Crippen molar-refractivity contribution in [3.63, 3.8) is 0 Å². The van der Waals surface area contributed by atoms with Crippen LogP contribution in [0.15, 0.2) is 18.2 Å². The van der Waals surface area contributed by atoms with Gasteiger partial charge in [-0.1, -0.05) is 41.9 Å². The van der Waals surface area contributed by atoms with Crippen molar-refractivity contribution in [2.75, 3.05) is 23.9 Å². The van der Waals surface area contributed by atoms with Gasteiger partial charge in [-0.25, -0.2) is 0 Å². The van der Waals surface area contributed by atoms with Crippen molar-refractivity contribution in [1.29, 1.82) is 0 Å². The van der Waals surface area contributed by atoms with Crippen molar-refractivity contribution in [3.05, 3.63) is 29.3 Å². The van der Waals surface area contributed by atoms with Crippen molar-refractivity contribution in [2.45, 2.75) is 25.7 Å². The summed E-state index contributed by atoms with van der Waals surface area (Å²) in [4.78, 5) is 13.4. The molecule has 1 aromatic rings. The fourth-order valence-corrected chi connectivity index (χ4v) is 2.55. The number of fused-ring (bicyclic) bond motifs is 1. The Bertz CT molecular complexity index is 471. The number of halogens is 1. The molecule has 0 saturated heterocycles. The quantitative estimate of drug-likeness (QED) is 0.684. The van der Waals surface area contributed by atoms with Gasteiger partial charge in [-0.05, 0) is 17.2 Å². The first kappa shape index (κ1) is 13.6. The molecule has 0 aliphatic carbocycles. The maximum Gasteiger partial charge on any atom is 0.231 e. The Morgan fingerprint density at radius 3 is 2.83 bits per heavy atom. The lowest BCUT2D eigenvalue weighted by atomic mass is 9.83. The zero-order valence-corrected chi connectivity index (χ0v) is 12.7. The maximum absolute atomic E-state index is 11.7. The van der Waals surface area contributed by atoms with Crippen molar-refractivity contribution < 1.29 is 4.79 Å². The van der Waals surface area contributed by atoms with Crippen molar-refractivity contribution >= 4 is 27.5 Å². The molecule has 3 nitrogen and oxygen atoms in total. The molecule has 4 heteroatoms. The van der Waals surface area contributed by atoms with E-state index in [-0.39, 0.29) is 11.3 Å². The second-order valence-corrected chi connectivity index (χ2v) is 5.98. The summed E-state index contributed by atoms with van der Waals surface area (Å²) >= 11 is 3.38. The Kier molecular flexibility index (Phi) is 3.78. The van der Waals surface area contributed by atoms with Crippen LogP contribution in [0.2, 0.25) is 0 Å². The highest BCUT2D eigenvalue weighted by molar-refractivity contribution is 9.09. The van der Waals surface area contributed by atoms with Gasteiger partial charge in [0, 0.05) is 24.7 Å². The summed E-state index contributed by atoms with van der Waals surface area (Å²) in [6, 6.07) is 6.36. The minimum absolute atomic E-state index is 0.0625. The van der Waals surface area contributed by atoms with E-state index in [1.165, 1.54) is 5.56 Å². The van der Waals surface area contributed by atoms with Crippen LogP contribution in [-0.2, 0) is 16.6 Å². The molecule has 0 unspecified atom stereocenters. The van der Waals surface area contributed by atoms with Crippen molar-refractivity contribution in [2.24, 2.45) is 0 Å². The third-order valence-electron chi connectivity index (χ3n) is 3.60. The highest BCUT2D eigenvalue weighted by Crippen LogP contribution is 2.32. The molecular weight excluding hydrogens is 292 g/mol. The monoisotopic (exact) mass is 310 g/mol. The van der Waals surface area contributed by atoms with Crippen LogP contribution >= 0.6 is 15.9 Å². The van der Waals surface area contributed by atoms with Gasteiger partial charge in [-0.15, -0.1) is 0 Å². The van der Waals surface area contributed by atoms with Crippen LogP contribution in [0.1, 0.15) is 25.0 Å². The first-order valence-electron chi connectivity index (χ1n) is 6.12. The molecule has 1 aromatic carbocycles. The van der Waals surface area contributed by atoms with Gasteiger partial charge in [-0.2, -0.15) is 0 Å². The average molecular weight is 311 g/mol. The molecule has 1 amide bonds. The zero-order valence-electron chi connectivity index (χ0n) is 11.1. The number of alkyl halides is 1. The SMILES string of the molecule is CN1C(=O)Cc2cc(C(C)(C)CNCBr)ccc21.